The minimum Gasteiger partial charge on any atom is -0.381 e. The molecule has 0 fully saturated rings. The molecule has 16 heavy (non-hydrogen) atoms. The quantitative estimate of drug-likeness (QED) is 0.893. The first-order chi connectivity index (χ1) is 7.63. The molecule has 2 rings (SSSR count). The number of nitrogens with one attached hydrogen (secondary N) is 1. The summed E-state index contributed by atoms with van der Waals surface area (Å²) in [6.45, 7) is 0.591. The van der Waals surface area contributed by atoms with E-state index in [4.69, 9.17) is 11.6 Å². The van der Waals surface area contributed by atoms with Crippen LogP contribution < -0.4 is 5.32 Å². The second kappa shape index (κ2) is 4.53. The molecule has 1 aromatic carbocycles. The monoisotopic (exact) mass is 239 g/mol. The third kappa shape index (κ3) is 2.73. The molecule has 0 amide bonds. The number of halogens is 2. The molecular formula is C11H11ClFN3. The van der Waals surface area contributed by atoms with Crippen molar-refractivity contribution in [3.05, 3.63) is 47.0 Å². The van der Waals surface area contributed by atoms with E-state index in [-0.39, 0.29) is 5.82 Å². The lowest BCUT2D eigenvalue weighted by Crippen LogP contribution is -1.98. The number of aryl methyl sites for hydroxylation is 1. The molecule has 0 radical (unpaired) electrons. The van der Waals surface area contributed by atoms with Crippen molar-refractivity contribution in [2.24, 2.45) is 7.05 Å². The molecule has 0 saturated carbocycles. The number of hydrogen-bond acceptors (Lipinski definition) is 2. The molecule has 3 nitrogen and oxygen atoms in total. The maximum absolute atomic E-state index is 13.0. The van der Waals surface area contributed by atoms with Crippen LogP contribution in [-0.4, -0.2) is 9.78 Å². The molecule has 0 aliphatic carbocycles. The van der Waals surface area contributed by atoms with E-state index in [0.717, 1.165) is 5.56 Å². The van der Waals surface area contributed by atoms with Gasteiger partial charge in [0.25, 0.3) is 0 Å². The average molecular weight is 240 g/mol. The fourth-order valence-corrected chi connectivity index (χ4v) is 1.64. The Labute approximate surface area is 97.8 Å². The Hall–Kier alpha value is -1.55. The molecule has 0 saturated heterocycles. The molecule has 1 heterocycles. The van der Waals surface area contributed by atoms with E-state index in [0.29, 0.717) is 17.3 Å². The van der Waals surface area contributed by atoms with Gasteiger partial charge in [-0.05, 0) is 18.2 Å². The van der Waals surface area contributed by atoms with E-state index in [2.05, 4.69) is 10.4 Å². The molecule has 0 bridgehead atoms. The summed E-state index contributed by atoms with van der Waals surface area (Å²) in [6, 6.07) is 4.36. The summed E-state index contributed by atoms with van der Waals surface area (Å²) < 4.78 is 14.7. The number of rotatable bonds is 3. The third-order valence-corrected chi connectivity index (χ3v) is 2.34. The predicted octanol–water partition coefficient (Wildman–Crippen LogP) is 2.82. The lowest BCUT2D eigenvalue weighted by Gasteiger charge is -2.05. The summed E-state index contributed by atoms with van der Waals surface area (Å²) >= 11 is 5.74. The Kier molecular flexibility index (Phi) is 3.10. The Balaban J connectivity index is 2.04. The summed E-state index contributed by atoms with van der Waals surface area (Å²) in [7, 11) is 1.85. The van der Waals surface area contributed by atoms with Gasteiger partial charge in [0.15, 0.2) is 0 Å². The van der Waals surface area contributed by atoms with Crippen molar-refractivity contribution in [2.75, 3.05) is 5.32 Å². The normalized spacial score (nSPS) is 10.4. The van der Waals surface area contributed by atoms with E-state index < -0.39 is 0 Å². The molecule has 1 aromatic heterocycles. The average Bonchev–Trinajstić information content (AvgIpc) is 2.60. The van der Waals surface area contributed by atoms with Crippen molar-refractivity contribution in [1.82, 2.24) is 9.78 Å². The van der Waals surface area contributed by atoms with Gasteiger partial charge >= 0.3 is 0 Å². The molecule has 5 heteroatoms. The van der Waals surface area contributed by atoms with Gasteiger partial charge in [-0.15, -0.1) is 0 Å². The van der Waals surface area contributed by atoms with E-state index in [1.54, 1.807) is 16.9 Å². The highest BCUT2D eigenvalue weighted by molar-refractivity contribution is 6.30. The van der Waals surface area contributed by atoms with Gasteiger partial charge < -0.3 is 5.32 Å². The molecule has 0 atom stereocenters. The molecule has 84 valence electrons. The fraction of sp³-hybridized carbons (Fsp3) is 0.182. The van der Waals surface area contributed by atoms with Gasteiger partial charge in [0.2, 0.25) is 0 Å². The Morgan fingerprint density at radius 1 is 1.44 bits per heavy atom. The third-order valence-electron chi connectivity index (χ3n) is 2.12. The van der Waals surface area contributed by atoms with Crippen LogP contribution in [0.25, 0.3) is 0 Å². The van der Waals surface area contributed by atoms with Crippen molar-refractivity contribution in [2.45, 2.75) is 6.54 Å². The van der Waals surface area contributed by atoms with Crippen LogP contribution in [0.15, 0.2) is 30.6 Å². The largest absolute Gasteiger partial charge is 0.381 e. The van der Waals surface area contributed by atoms with Crippen LogP contribution >= 0.6 is 11.6 Å². The highest BCUT2D eigenvalue weighted by atomic mass is 35.5. The van der Waals surface area contributed by atoms with Crippen LogP contribution in [0.4, 0.5) is 10.1 Å². The van der Waals surface area contributed by atoms with Crippen LogP contribution in [0, 0.1) is 5.82 Å². The van der Waals surface area contributed by atoms with Gasteiger partial charge in [0.1, 0.15) is 5.82 Å². The second-order valence-corrected chi connectivity index (χ2v) is 3.97. The van der Waals surface area contributed by atoms with E-state index >= 15 is 0 Å². The summed E-state index contributed by atoms with van der Waals surface area (Å²) in [6.07, 6.45) is 3.65. The topological polar surface area (TPSA) is 29.9 Å². The predicted molar refractivity (Wildman–Crippen MR) is 61.9 cm³/mol. The summed E-state index contributed by atoms with van der Waals surface area (Å²) in [5.74, 6) is -0.346. The minimum atomic E-state index is -0.346. The summed E-state index contributed by atoms with van der Waals surface area (Å²) in [5, 5.41) is 7.50. The number of anilines is 1. The van der Waals surface area contributed by atoms with Crippen molar-refractivity contribution in [3.63, 3.8) is 0 Å². The molecule has 1 N–H and O–H groups in total. The first kappa shape index (κ1) is 11.0. The van der Waals surface area contributed by atoms with Crippen molar-refractivity contribution >= 4 is 17.3 Å². The summed E-state index contributed by atoms with van der Waals surface area (Å²) in [4.78, 5) is 0. The Bertz CT molecular complexity index is 475. The van der Waals surface area contributed by atoms with Gasteiger partial charge in [0, 0.05) is 36.1 Å². The lowest BCUT2D eigenvalue weighted by atomic mass is 10.3. The number of aromatic nitrogens is 2. The van der Waals surface area contributed by atoms with Crippen LogP contribution in [-0.2, 0) is 13.6 Å². The second-order valence-electron chi connectivity index (χ2n) is 3.53. The highest BCUT2D eigenvalue weighted by Crippen LogP contribution is 2.18. The van der Waals surface area contributed by atoms with Crippen molar-refractivity contribution in [1.29, 1.82) is 0 Å². The molecule has 0 aliphatic heterocycles. The first-order valence-electron chi connectivity index (χ1n) is 4.81. The molecular weight excluding hydrogens is 229 g/mol. The Morgan fingerprint density at radius 3 is 2.88 bits per heavy atom. The van der Waals surface area contributed by atoms with Crippen molar-refractivity contribution < 1.29 is 4.39 Å². The zero-order valence-electron chi connectivity index (χ0n) is 8.74. The minimum absolute atomic E-state index is 0.346. The zero-order chi connectivity index (χ0) is 11.5. The highest BCUT2D eigenvalue weighted by Gasteiger charge is 2.00. The van der Waals surface area contributed by atoms with Gasteiger partial charge in [-0.1, -0.05) is 11.6 Å². The molecule has 0 spiro atoms. The van der Waals surface area contributed by atoms with E-state index in [1.165, 1.54) is 12.1 Å². The number of benzene rings is 1. The number of hydrogen-bond donors (Lipinski definition) is 1. The fourth-order valence-electron chi connectivity index (χ4n) is 1.42. The van der Waals surface area contributed by atoms with Crippen LogP contribution in [0.3, 0.4) is 0 Å². The first-order valence-corrected chi connectivity index (χ1v) is 5.19. The van der Waals surface area contributed by atoms with E-state index in [9.17, 15) is 4.39 Å². The SMILES string of the molecule is Cn1cc(CNc2cc(F)cc(Cl)c2)cn1. The lowest BCUT2D eigenvalue weighted by molar-refractivity contribution is 0.628. The van der Waals surface area contributed by atoms with Crippen LogP contribution in [0.5, 0.6) is 0 Å². The molecule has 0 unspecified atom stereocenters. The maximum atomic E-state index is 13.0. The standard InChI is InChI=1S/C11H11ClFN3/c1-16-7-8(6-15-16)5-14-11-3-9(12)2-10(13)4-11/h2-4,6-7,14H,5H2,1H3. The maximum Gasteiger partial charge on any atom is 0.126 e. The van der Waals surface area contributed by atoms with Crippen LogP contribution in [0.2, 0.25) is 5.02 Å². The number of nitrogens with zero attached hydrogens (tertiary/aromatic N) is 2. The van der Waals surface area contributed by atoms with Gasteiger partial charge in [0.05, 0.1) is 6.20 Å². The molecule has 2 aromatic rings. The Morgan fingerprint density at radius 2 is 2.25 bits per heavy atom. The van der Waals surface area contributed by atoms with Gasteiger partial charge in [-0.3, -0.25) is 4.68 Å². The van der Waals surface area contributed by atoms with Gasteiger partial charge in [-0.2, -0.15) is 5.10 Å². The van der Waals surface area contributed by atoms with Crippen molar-refractivity contribution in [3.8, 4) is 0 Å². The zero-order valence-corrected chi connectivity index (χ0v) is 9.50. The smallest absolute Gasteiger partial charge is 0.126 e. The molecule has 0 aliphatic rings. The van der Waals surface area contributed by atoms with Gasteiger partial charge in [-0.25, -0.2) is 4.39 Å². The van der Waals surface area contributed by atoms with Crippen LogP contribution in [0.1, 0.15) is 5.56 Å². The summed E-state index contributed by atoms with van der Waals surface area (Å²) in [5.41, 5.74) is 1.69. The van der Waals surface area contributed by atoms with E-state index in [1.807, 2.05) is 13.2 Å².